The first-order valence-corrected chi connectivity index (χ1v) is 13.4. The molecule has 1 aliphatic heterocycles. The summed E-state index contributed by atoms with van der Waals surface area (Å²) in [7, 11) is 0. The summed E-state index contributed by atoms with van der Waals surface area (Å²) in [4.78, 5) is 28.0. The lowest BCUT2D eigenvalue weighted by atomic mass is 9.99. The van der Waals surface area contributed by atoms with Crippen molar-refractivity contribution in [2.45, 2.75) is 24.1 Å². The molecule has 2 amide bonds. The van der Waals surface area contributed by atoms with Crippen LogP contribution in [0.3, 0.4) is 0 Å². The Morgan fingerprint density at radius 2 is 1.74 bits per heavy atom. The summed E-state index contributed by atoms with van der Waals surface area (Å²) < 4.78 is 29.8. The second kappa shape index (κ2) is 10.1. The van der Waals surface area contributed by atoms with Crippen LogP contribution in [0.15, 0.2) is 78.9 Å². The minimum atomic E-state index is -0.439. The Balaban J connectivity index is 1.60. The van der Waals surface area contributed by atoms with Crippen molar-refractivity contribution >= 4 is 29.4 Å². The summed E-state index contributed by atoms with van der Waals surface area (Å²) in [5.41, 5.74) is 3.33. The monoisotopic (exact) mass is 530 g/mol. The number of nitrogens with one attached hydrogen (secondary N) is 1. The predicted octanol–water partition coefficient (Wildman–Crippen LogP) is 5.27. The second-order valence-corrected chi connectivity index (χ2v) is 10.5. The lowest BCUT2D eigenvalue weighted by molar-refractivity contribution is -0.123. The lowest BCUT2D eigenvalue weighted by Gasteiger charge is -2.23. The van der Waals surface area contributed by atoms with E-state index in [1.54, 1.807) is 22.9 Å². The van der Waals surface area contributed by atoms with Gasteiger partial charge < -0.3 is 5.32 Å². The number of thioether (sulfide) groups is 1. The molecule has 2 aliphatic rings. The fourth-order valence-corrected chi connectivity index (χ4v) is 5.86. The van der Waals surface area contributed by atoms with Crippen LogP contribution in [-0.2, 0) is 9.59 Å². The molecule has 0 unspecified atom stereocenters. The maximum absolute atomic E-state index is 14.4. The molecule has 192 valence electrons. The van der Waals surface area contributed by atoms with Gasteiger partial charge in [-0.15, -0.1) is 11.8 Å². The van der Waals surface area contributed by atoms with Gasteiger partial charge in [0, 0.05) is 17.2 Å². The molecular weight excluding hydrogens is 506 g/mol. The average molecular weight is 531 g/mol. The Labute approximate surface area is 222 Å². The number of fused-ring (bicyclic) bond motifs is 1. The van der Waals surface area contributed by atoms with Crippen LogP contribution < -0.4 is 10.2 Å². The van der Waals surface area contributed by atoms with E-state index in [4.69, 9.17) is 5.10 Å². The van der Waals surface area contributed by atoms with E-state index in [-0.39, 0.29) is 36.0 Å². The molecule has 0 spiro atoms. The highest BCUT2D eigenvalue weighted by Gasteiger charge is 2.38. The van der Waals surface area contributed by atoms with Crippen molar-refractivity contribution in [1.29, 1.82) is 0 Å². The van der Waals surface area contributed by atoms with Crippen LogP contribution in [0.5, 0.6) is 0 Å². The third-order valence-corrected chi connectivity index (χ3v) is 7.86. The zero-order chi connectivity index (χ0) is 26.2. The third kappa shape index (κ3) is 4.81. The number of carbonyl (C=O) groups excluding carboxylic acids is 2. The van der Waals surface area contributed by atoms with Gasteiger partial charge in [-0.3, -0.25) is 14.5 Å². The Kier molecular flexibility index (Phi) is 6.45. The van der Waals surface area contributed by atoms with E-state index < -0.39 is 11.1 Å². The molecule has 6 nitrogen and oxygen atoms in total. The fraction of sp³-hybridized carbons (Fsp3) is 0.207. The molecule has 2 heterocycles. The van der Waals surface area contributed by atoms with Crippen molar-refractivity contribution in [3.63, 3.8) is 0 Å². The first-order chi connectivity index (χ1) is 18.5. The van der Waals surface area contributed by atoms with Gasteiger partial charge in [0.1, 0.15) is 24.0 Å². The quantitative estimate of drug-likeness (QED) is 0.369. The van der Waals surface area contributed by atoms with Crippen molar-refractivity contribution in [2.75, 3.05) is 17.2 Å². The van der Waals surface area contributed by atoms with Crippen LogP contribution in [0.1, 0.15) is 29.2 Å². The minimum absolute atomic E-state index is 0.0875. The zero-order valence-corrected chi connectivity index (χ0v) is 21.1. The van der Waals surface area contributed by atoms with Gasteiger partial charge in [-0.1, -0.05) is 42.5 Å². The van der Waals surface area contributed by atoms with Gasteiger partial charge in [0.25, 0.3) is 0 Å². The van der Waals surface area contributed by atoms with Gasteiger partial charge >= 0.3 is 0 Å². The van der Waals surface area contributed by atoms with Crippen LogP contribution in [-0.4, -0.2) is 39.9 Å². The molecular formula is C29H24F2N4O2S. The van der Waals surface area contributed by atoms with Gasteiger partial charge in [-0.25, -0.2) is 13.5 Å². The molecule has 0 bridgehead atoms. The SMILES string of the molecule is O=C(CN1C(=O)CS[C@@H](c2cccc(F)c2)c2c(-c3ccccc3)nn(-c3ccc(F)cc3)c21)NC1CC1. The van der Waals surface area contributed by atoms with E-state index >= 15 is 0 Å². The van der Waals surface area contributed by atoms with Crippen LogP contribution >= 0.6 is 11.8 Å². The van der Waals surface area contributed by atoms with Crippen molar-refractivity contribution in [2.24, 2.45) is 0 Å². The van der Waals surface area contributed by atoms with Crippen LogP contribution in [0.2, 0.25) is 0 Å². The second-order valence-electron chi connectivity index (χ2n) is 9.41. The molecule has 1 aromatic heterocycles. The summed E-state index contributed by atoms with van der Waals surface area (Å²) in [6.07, 6.45) is 1.85. The number of amides is 2. The van der Waals surface area contributed by atoms with E-state index in [1.165, 1.54) is 40.9 Å². The van der Waals surface area contributed by atoms with Gasteiger partial charge in [0.15, 0.2) is 0 Å². The number of hydrogen-bond acceptors (Lipinski definition) is 4. The molecule has 0 saturated heterocycles. The highest BCUT2D eigenvalue weighted by atomic mass is 32.2. The summed E-state index contributed by atoms with van der Waals surface area (Å²) in [5.74, 6) is -0.790. The van der Waals surface area contributed by atoms with Crippen LogP contribution in [0.4, 0.5) is 14.6 Å². The first-order valence-electron chi connectivity index (χ1n) is 12.4. The zero-order valence-electron chi connectivity index (χ0n) is 20.3. The number of hydrogen-bond donors (Lipinski definition) is 1. The number of rotatable bonds is 6. The Bertz CT molecular complexity index is 1500. The standard InChI is InChI=1S/C29H24F2N4O2S/c30-20-9-13-23(14-10-20)35-29-26(27(33-35)18-5-2-1-3-6-18)28(19-7-4-8-21(31)15-19)38-17-25(37)34(29)16-24(36)32-22-11-12-22/h1-10,13-15,22,28H,11-12,16-17H2,(H,32,36)/t28-/m0/s1. The van der Waals surface area contributed by atoms with Gasteiger partial charge in [0.2, 0.25) is 11.8 Å². The van der Waals surface area contributed by atoms with E-state index in [0.29, 0.717) is 28.3 Å². The first kappa shape index (κ1) is 24.4. The van der Waals surface area contributed by atoms with Gasteiger partial charge in [0.05, 0.1) is 22.4 Å². The smallest absolute Gasteiger partial charge is 0.240 e. The fourth-order valence-electron chi connectivity index (χ4n) is 4.67. The Morgan fingerprint density at radius 3 is 2.45 bits per heavy atom. The molecule has 1 saturated carbocycles. The van der Waals surface area contributed by atoms with E-state index in [0.717, 1.165) is 18.4 Å². The third-order valence-electron chi connectivity index (χ3n) is 6.60. The Hall–Kier alpha value is -3.98. The molecule has 1 fully saturated rings. The number of benzene rings is 3. The van der Waals surface area contributed by atoms with Crippen LogP contribution in [0, 0.1) is 11.6 Å². The molecule has 4 aromatic rings. The van der Waals surface area contributed by atoms with Crippen molar-refractivity contribution < 1.29 is 18.4 Å². The number of aromatic nitrogens is 2. The number of halogens is 2. The maximum Gasteiger partial charge on any atom is 0.240 e. The molecule has 1 aliphatic carbocycles. The Morgan fingerprint density at radius 1 is 0.974 bits per heavy atom. The highest BCUT2D eigenvalue weighted by Crippen LogP contribution is 2.48. The summed E-state index contributed by atoms with van der Waals surface area (Å²) >= 11 is 1.37. The molecule has 1 atom stereocenters. The molecule has 38 heavy (non-hydrogen) atoms. The van der Waals surface area contributed by atoms with E-state index in [1.807, 2.05) is 36.4 Å². The van der Waals surface area contributed by atoms with Gasteiger partial charge in [-0.05, 0) is 54.8 Å². The number of nitrogens with zero attached hydrogens (tertiary/aromatic N) is 3. The summed E-state index contributed by atoms with van der Waals surface area (Å²) in [6, 6.07) is 21.8. The summed E-state index contributed by atoms with van der Waals surface area (Å²) in [5, 5.41) is 7.45. The topological polar surface area (TPSA) is 67.2 Å². The highest BCUT2D eigenvalue weighted by molar-refractivity contribution is 8.00. The van der Waals surface area contributed by atoms with Gasteiger partial charge in [-0.2, -0.15) is 5.10 Å². The van der Waals surface area contributed by atoms with Crippen molar-refractivity contribution in [3.05, 3.63) is 102 Å². The lowest BCUT2D eigenvalue weighted by Crippen LogP contribution is -2.43. The number of carbonyl (C=O) groups is 2. The molecule has 6 rings (SSSR count). The molecule has 3 aromatic carbocycles. The molecule has 1 N–H and O–H groups in total. The molecule has 0 radical (unpaired) electrons. The van der Waals surface area contributed by atoms with Crippen LogP contribution in [0.25, 0.3) is 16.9 Å². The minimum Gasteiger partial charge on any atom is -0.352 e. The van der Waals surface area contributed by atoms with E-state index in [2.05, 4.69) is 5.32 Å². The maximum atomic E-state index is 14.4. The van der Waals surface area contributed by atoms with Crippen molar-refractivity contribution in [3.8, 4) is 16.9 Å². The predicted molar refractivity (Wildman–Crippen MR) is 143 cm³/mol. The molecule has 9 heteroatoms. The van der Waals surface area contributed by atoms with E-state index in [9.17, 15) is 18.4 Å². The normalized spacial score (nSPS) is 17.2. The summed E-state index contributed by atoms with van der Waals surface area (Å²) in [6.45, 7) is -0.181. The average Bonchev–Trinajstić information content (AvgIpc) is 3.67. The van der Waals surface area contributed by atoms with Crippen molar-refractivity contribution in [1.82, 2.24) is 15.1 Å². The number of anilines is 1. The largest absolute Gasteiger partial charge is 0.352 e.